The lowest BCUT2D eigenvalue weighted by atomic mass is 9.99. The summed E-state index contributed by atoms with van der Waals surface area (Å²) in [6.45, 7) is 1.66. The second kappa shape index (κ2) is 4.69. The van der Waals surface area contributed by atoms with Gasteiger partial charge in [0.25, 0.3) is 0 Å². The number of azo groups is 1. The third kappa shape index (κ3) is 1.97. The summed E-state index contributed by atoms with van der Waals surface area (Å²) >= 11 is 2.16. The Bertz CT molecular complexity index is 541. The number of alkyl halides is 1. The molecule has 0 saturated carbocycles. The van der Waals surface area contributed by atoms with Gasteiger partial charge in [0.2, 0.25) is 0 Å². The zero-order chi connectivity index (χ0) is 13.6. The zero-order valence-electron chi connectivity index (χ0n) is 10.2. The molecule has 7 nitrogen and oxygen atoms in total. The second-order valence-corrected chi connectivity index (χ2v) is 6.32. The van der Waals surface area contributed by atoms with Gasteiger partial charge in [-0.1, -0.05) is 0 Å². The number of rotatable bonds is 2. The van der Waals surface area contributed by atoms with Crippen LogP contribution in [0.15, 0.2) is 16.6 Å². The Morgan fingerprint density at radius 2 is 2.32 bits per heavy atom. The Kier molecular flexibility index (Phi) is 3.28. The molecule has 1 aromatic rings. The van der Waals surface area contributed by atoms with Crippen LogP contribution >= 0.6 is 22.6 Å². The van der Waals surface area contributed by atoms with E-state index in [2.05, 4.69) is 42.8 Å². The van der Waals surface area contributed by atoms with Crippen molar-refractivity contribution in [2.45, 2.75) is 35.2 Å². The van der Waals surface area contributed by atoms with Gasteiger partial charge in [-0.3, -0.25) is 0 Å². The molecule has 1 aromatic heterocycles. The summed E-state index contributed by atoms with van der Waals surface area (Å²) < 4.78 is 4.97. The number of fused-ring (bicyclic) bond motifs is 1. The average molecular weight is 376 g/mol. The zero-order valence-corrected chi connectivity index (χ0v) is 12.4. The minimum Gasteiger partial charge on any atom is -0.394 e. The first-order chi connectivity index (χ1) is 9.06. The summed E-state index contributed by atoms with van der Waals surface area (Å²) in [5, 5.41) is 27.4. The van der Waals surface area contributed by atoms with Gasteiger partial charge in [-0.25, -0.2) is 9.97 Å². The third-order valence-electron chi connectivity index (χ3n) is 3.49. The molecule has 3 heterocycles. The molecule has 2 aliphatic rings. The Morgan fingerprint density at radius 3 is 3.00 bits per heavy atom. The molecule has 19 heavy (non-hydrogen) atoms. The smallest absolute Gasteiger partial charge is 0.189 e. The lowest BCUT2D eigenvalue weighted by Gasteiger charge is -2.26. The highest BCUT2D eigenvalue weighted by atomic mass is 127. The van der Waals surface area contributed by atoms with Gasteiger partial charge in [0.05, 0.1) is 18.3 Å². The molecule has 0 bridgehead atoms. The highest BCUT2D eigenvalue weighted by Gasteiger charge is 2.51. The molecule has 0 spiro atoms. The molecule has 0 aromatic carbocycles. The van der Waals surface area contributed by atoms with Crippen LogP contribution in [-0.4, -0.2) is 45.1 Å². The summed E-state index contributed by atoms with van der Waals surface area (Å²) in [6.07, 6.45) is 0.249. The maximum atomic E-state index is 9.86. The first-order valence-corrected chi connectivity index (χ1v) is 7.02. The van der Waals surface area contributed by atoms with Crippen LogP contribution < -0.4 is 0 Å². The van der Waals surface area contributed by atoms with Crippen molar-refractivity contribution in [3.05, 3.63) is 17.6 Å². The van der Waals surface area contributed by atoms with Crippen LogP contribution in [0.1, 0.15) is 17.7 Å². The van der Waals surface area contributed by atoms with E-state index in [1.54, 1.807) is 0 Å². The van der Waals surface area contributed by atoms with Gasteiger partial charge in [0.1, 0.15) is 18.5 Å². The quantitative estimate of drug-likeness (QED) is 0.456. The molecule has 2 N–H and O–H groups in total. The predicted octanol–water partition coefficient (Wildman–Crippen LogP) is 0.981. The van der Waals surface area contributed by atoms with Gasteiger partial charge in [-0.05, 0) is 29.5 Å². The minimum absolute atomic E-state index is 0.210. The lowest BCUT2D eigenvalue weighted by Crippen LogP contribution is -2.32. The van der Waals surface area contributed by atoms with E-state index in [-0.39, 0.29) is 12.7 Å². The SMILES string of the molecule is Cc1ncnc2c1C(I)([C@H]1CC(O)[C@@H](CO)O1)N=N2. The minimum atomic E-state index is -0.733. The molecule has 1 saturated heterocycles. The van der Waals surface area contributed by atoms with Gasteiger partial charge < -0.3 is 14.9 Å². The average Bonchev–Trinajstić information content (AvgIpc) is 2.93. The number of nitrogens with zero attached hydrogens (tertiary/aromatic N) is 4. The molecule has 0 aliphatic carbocycles. The first-order valence-electron chi connectivity index (χ1n) is 5.94. The van der Waals surface area contributed by atoms with Crippen LogP contribution in [0.2, 0.25) is 0 Å². The fraction of sp³-hybridized carbons (Fsp3) is 0.636. The van der Waals surface area contributed by atoms with E-state index in [0.717, 1.165) is 11.3 Å². The summed E-state index contributed by atoms with van der Waals surface area (Å²) in [6, 6.07) is 0. The van der Waals surface area contributed by atoms with Crippen molar-refractivity contribution >= 4 is 28.4 Å². The van der Waals surface area contributed by atoms with Crippen LogP contribution in [0.3, 0.4) is 0 Å². The van der Waals surface area contributed by atoms with Crippen molar-refractivity contribution in [2.24, 2.45) is 10.2 Å². The number of halogens is 1. The van der Waals surface area contributed by atoms with Gasteiger partial charge in [0.15, 0.2) is 9.36 Å². The van der Waals surface area contributed by atoms with E-state index in [0.29, 0.717) is 12.2 Å². The highest BCUT2D eigenvalue weighted by Crippen LogP contribution is 2.51. The number of hydrogen-bond acceptors (Lipinski definition) is 7. The Morgan fingerprint density at radius 1 is 1.53 bits per heavy atom. The standard InChI is InChI=1S/C11H13IN4O3/c1-5-9-10(14-4-13-5)15-16-11(9,12)8-2-6(18)7(3-17)19-8/h4,6-8,17-18H,2-3H2,1H3/t6?,7-,8-,11?/m1/s1. The second-order valence-electron chi connectivity index (χ2n) is 4.68. The van der Waals surface area contributed by atoms with Crippen molar-refractivity contribution < 1.29 is 14.9 Å². The highest BCUT2D eigenvalue weighted by molar-refractivity contribution is 14.1. The summed E-state index contributed by atoms with van der Waals surface area (Å²) in [7, 11) is 0. The van der Waals surface area contributed by atoms with E-state index in [1.807, 2.05) is 6.92 Å². The topological polar surface area (TPSA) is 100 Å². The van der Waals surface area contributed by atoms with Crippen LogP contribution in [0.5, 0.6) is 0 Å². The van der Waals surface area contributed by atoms with Crippen molar-refractivity contribution in [3.63, 3.8) is 0 Å². The number of aromatic nitrogens is 2. The molecule has 0 radical (unpaired) electrons. The molecule has 1 fully saturated rings. The van der Waals surface area contributed by atoms with Crippen molar-refractivity contribution in [3.8, 4) is 0 Å². The Hall–Kier alpha value is -0.710. The number of ether oxygens (including phenoxy) is 1. The molecular weight excluding hydrogens is 363 g/mol. The van der Waals surface area contributed by atoms with Crippen molar-refractivity contribution in [1.29, 1.82) is 0 Å². The van der Waals surface area contributed by atoms with Gasteiger partial charge in [-0.15, -0.1) is 5.11 Å². The summed E-state index contributed by atoms with van der Waals surface area (Å²) in [4.78, 5) is 8.27. The van der Waals surface area contributed by atoms with E-state index in [4.69, 9.17) is 9.84 Å². The summed E-state index contributed by atoms with van der Waals surface area (Å²) in [5.41, 5.74) is 1.63. The fourth-order valence-electron chi connectivity index (χ4n) is 2.48. The lowest BCUT2D eigenvalue weighted by molar-refractivity contribution is -0.0302. The Labute approximate surface area is 123 Å². The van der Waals surface area contributed by atoms with E-state index in [9.17, 15) is 5.11 Å². The molecule has 4 atom stereocenters. The molecule has 8 heteroatoms. The first kappa shape index (κ1) is 13.3. The number of hydrogen-bond donors (Lipinski definition) is 2. The summed E-state index contributed by atoms with van der Waals surface area (Å²) in [5.74, 6) is 0.549. The van der Waals surface area contributed by atoms with Gasteiger partial charge in [0, 0.05) is 12.1 Å². The number of aliphatic hydroxyl groups excluding tert-OH is 2. The largest absolute Gasteiger partial charge is 0.394 e. The Balaban J connectivity index is 1.97. The van der Waals surface area contributed by atoms with E-state index in [1.165, 1.54) is 6.33 Å². The van der Waals surface area contributed by atoms with Gasteiger partial charge >= 0.3 is 0 Å². The fourth-order valence-corrected chi connectivity index (χ4v) is 3.62. The number of aliphatic hydroxyl groups is 2. The molecule has 102 valence electrons. The normalized spacial score (nSPS) is 36.7. The molecule has 3 rings (SSSR count). The maximum absolute atomic E-state index is 9.86. The van der Waals surface area contributed by atoms with Gasteiger partial charge in [-0.2, -0.15) is 5.11 Å². The monoisotopic (exact) mass is 376 g/mol. The van der Waals surface area contributed by atoms with Crippen LogP contribution in [0.25, 0.3) is 0 Å². The van der Waals surface area contributed by atoms with Crippen LogP contribution in [0, 0.1) is 6.92 Å². The van der Waals surface area contributed by atoms with E-state index >= 15 is 0 Å². The van der Waals surface area contributed by atoms with Crippen molar-refractivity contribution in [1.82, 2.24) is 9.97 Å². The predicted molar refractivity (Wildman–Crippen MR) is 73.4 cm³/mol. The molecule has 2 unspecified atom stereocenters. The van der Waals surface area contributed by atoms with Crippen LogP contribution in [0.4, 0.5) is 5.82 Å². The maximum Gasteiger partial charge on any atom is 0.189 e. The molecule has 0 amide bonds. The third-order valence-corrected chi connectivity index (χ3v) is 4.94. The van der Waals surface area contributed by atoms with Crippen molar-refractivity contribution in [2.75, 3.05) is 6.61 Å². The van der Waals surface area contributed by atoms with E-state index < -0.39 is 15.8 Å². The molecule has 2 aliphatic heterocycles. The number of aryl methyl sites for hydroxylation is 1. The molecular formula is C11H13IN4O3. The van der Waals surface area contributed by atoms with Crippen LogP contribution in [-0.2, 0) is 8.28 Å².